The molecule has 1 atom stereocenters. The van der Waals surface area contributed by atoms with Gasteiger partial charge in [-0.25, -0.2) is 0 Å². The molecule has 0 aliphatic carbocycles. The van der Waals surface area contributed by atoms with Crippen molar-refractivity contribution in [2.75, 3.05) is 14.1 Å². The molecule has 0 aromatic carbocycles. The van der Waals surface area contributed by atoms with Crippen molar-refractivity contribution >= 4 is 5.78 Å². The first-order chi connectivity index (χ1) is 7.04. The van der Waals surface area contributed by atoms with E-state index in [0.29, 0.717) is 5.57 Å². The van der Waals surface area contributed by atoms with E-state index >= 15 is 0 Å². The number of ketones is 1. The molecule has 0 saturated carbocycles. The van der Waals surface area contributed by atoms with Crippen LogP contribution < -0.4 is 0 Å². The fourth-order valence-electron chi connectivity index (χ4n) is 1.40. The van der Waals surface area contributed by atoms with Crippen molar-refractivity contribution in [1.29, 1.82) is 0 Å². The number of hydrogen-bond donors (Lipinski definition) is 0. The maximum Gasteiger partial charge on any atom is 0.181 e. The van der Waals surface area contributed by atoms with Gasteiger partial charge in [0.15, 0.2) is 5.78 Å². The molecule has 0 N–H and O–H groups in total. The minimum Gasteiger partial charge on any atom is -0.295 e. The number of aromatic nitrogens is 1. The Morgan fingerprint density at radius 2 is 2.13 bits per heavy atom. The number of pyridine rings is 1. The maximum atomic E-state index is 11.9. The second kappa shape index (κ2) is 4.84. The molecule has 1 aromatic heterocycles. The summed E-state index contributed by atoms with van der Waals surface area (Å²) in [6.45, 7) is 5.40. The molecule has 3 nitrogen and oxygen atoms in total. The molecule has 1 aromatic rings. The van der Waals surface area contributed by atoms with Crippen LogP contribution in [0.25, 0.3) is 0 Å². The van der Waals surface area contributed by atoms with Crippen LogP contribution in [0.4, 0.5) is 0 Å². The van der Waals surface area contributed by atoms with E-state index in [4.69, 9.17) is 0 Å². The molecule has 0 radical (unpaired) electrons. The van der Waals surface area contributed by atoms with Crippen LogP contribution >= 0.6 is 0 Å². The maximum absolute atomic E-state index is 11.9. The summed E-state index contributed by atoms with van der Waals surface area (Å²) in [7, 11) is 3.72. The Morgan fingerprint density at radius 1 is 1.47 bits per heavy atom. The summed E-state index contributed by atoms with van der Waals surface area (Å²) in [4.78, 5) is 18.0. The second-order valence-electron chi connectivity index (χ2n) is 3.77. The summed E-state index contributed by atoms with van der Waals surface area (Å²) >= 11 is 0. The van der Waals surface area contributed by atoms with Crippen LogP contribution in [0.3, 0.4) is 0 Å². The summed E-state index contributed by atoms with van der Waals surface area (Å²) < 4.78 is 0. The smallest absolute Gasteiger partial charge is 0.181 e. The third kappa shape index (κ3) is 2.73. The zero-order valence-electron chi connectivity index (χ0n) is 9.40. The third-order valence-electron chi connectivity index (χ3n) is 2.15. The Hall–Kier alpha value is -1.48. The second-order valence-corrected chi connectivity index (χ2v) is 3.77. The molecular formula is C12H16N2O. The van der Waals surface area contributed by atoms with Gasteiger partial charge in [0.05, 0.1) is 5.69 Å². The Balaban J connectivity index is 3.04. The average Bonchev–Trinajstić information content (AvgIpc) is 2.18. The highest BCUT2D eigenvalue weighted by Crippen LogP contribution is 2.19. The van der Waals surface area contributed by atoms with Crippen LogP contribution in [0.15, 0.2) is 36.5 Å². The summed E-state index contributed by atoms with van der Waals surface area (Å²) in [6, 6.07) is 5.24. The molecule has 0 aliphatic rings. The van der Waals surface area contributed by atoms with Crippen molar-refractivity contribution in [3.8, 4) is 0 Å². The van der Waals surface area contributed by atoms with Crippen LogP contribution in [0.1, 0.15) is 18.7 Å². The monoisotopic (exact) mass is 204 g/mol. The quantitative estimate of drug-likeness (QED) is 0.701. The number of Topliss-reactive ketones (excluding diaryl/α,β-unsaturated/α-hetero) is 1. The SMILES string of the molecule is C=C(C)C(=O)C(c1ccccn1)N(C)C. The number of rotatable bonds is 4. The van der Waals surface area contributed by atoms with Gasteiger partial charge in [-0.15, -0.1) is 0 Å². The number of carbonyl (C=O) groups is 1. The largest absolute Gasteiger partial charge is 0.295 e. The molecule has 80 valence electrons. The molecule has 1 unspecified atom stereocenters. The van der Waals surface area contributed by atoms with Gasteiger partial charge in [0.2, 0.25) is 0 Å². The molecule has 0 saturated heterocycles. The third-order valence-corrected chi connectivity index (χ3v) is 2.15. The van der Waals surface area contributed by atoms with E-state index < -0.39 is 0 Å². The highest BCUT2D eigenvalue weighted by molar-refractivity contribution is 5.98. The normalized spacial score (nSPS) is 12.5. The fraction of sp³-hybridized carbons (Fsp3) is 0.333. The first kappa shape index (κ1) is 11.6. The van der Waals surface area contributed by atoms with Crippen molar-refractivity contribution in [1.82, 2.24) is 9.88 Å². The summed E-state index contributed by atoms with van der Waals surface area (Å²) in [5, 5.41) is 0. The molecule has 15 heavy (non-hydrogen) atoms. The highest BCUT2D eigenvalue weighted by Gasteiger charge is 2.23. The lowest BCUT2D eigenvalue weighted by atomic mass is 10.0. The van der Waals surface area contributed by atoms with Crippen molar-refractivity contribution in [2.45, 2.75) is 13.0 Å². The minimum atomic E-state index is -0.330. The molecule has 0 spiro atoms. The Bertz CT molecular complexity index is 357. The van der Waals surface area contributed by atoms with Crippen LogP contribution in [-0.4, -0.2) is 29.8 Å². The van der Waals surface area contributed by atoms with E-state index in [1.807, 2.05) is 37.2 Å². The van der Waals surface area contributed by atoms with Gasteiger partial charge in [-0.2, -0.15) is 0 Å². The zero-order valence-corrected chi connectivity index (χ0v) is 9.40. The van der Waals surface area contributed by atoms with Gasteiger partial charge in [0, 0.05) is 6.20 Å². The Morgan fingerprint density at radius 3 is 2.53 bits per heavy atom. The summed E-state index contributed by atoms with van der Waals surface area (Å²) in [5.74, 6) is 0.0127. The average molecular weight is 204 g/mol. The van der Waals surface area contributed by atoms with E-state index in [9.17, 15) is 4.79 Å². The number of carbonyl (C=O) groups excluding carboxylic acids is 1. The van der Waals surface area contributed by atoms with Gasteiger partial charge in [0.1, 0.15) is 6.04 Å². The minimum absolute atomic E-state index is 0.0127. The number of likely N-dealkylation sites (N-methyl/N-ethyl adjacent to an activating group) is 1. The predicted molar refractivity (Wildman–Crippen MR) is 60.5 cm³/mol. The summed E-state index contributed by atoms with van der Waals surface area (Å²) in [5.41, 5.74) is 1.31. The molecule has 0 bridgehead atoms. The molecule has 1 rings (SSSR count). The van der Waals surface area contributed by atoms with Gasteiger partial charge in [0.25, 0.3) is 0 Å². The molecule has 3 heteroatoms. The van der Waals surface area contributed by atoms with Gasteiger partial charge in [-0.3, -0.25) is 14.7 Å². The van der Waals surface area contributed by atoms with Gasteiger partial charge < -0.3 is 0 Å². The molecular weight excluding hydrogens is 188 g/mol. The van der Waals surface area contributed by atoms with Crippen molar-refractivity contribution in [2.24, 2.45) is 0 Å². The van der Waals surface area contributed by atoms with E-state index in [2.05, 4.69) is 11.6 Å². The van der Waals surface area contributed by atoms with Crippen LogP contribution in [0.2, 0.25) is 0 Å². The van der Waals surface area contributed by atoms with E-state index in [0.717, 1.165) is 5.69 Å². The van der Waals surface area contributed by atoms with Gasteiger partial charge in [-0.05, 0) is 38.7 Å². The topological polar surface area (TPSA) is 33.2 Å². The van der Waals surface area contributed by atoms with E-state index in [1.54, 1.807) is 13.1 Å². The van der Waals surface area contributed by atoms with Crippen molar-refractivity contribution in [3.63, 3.8) is 0 Å². The first-order valence-electron chi connectivity index (χ1n) is 4.81. The van der Waals surface area contributed by atoms with Gasteiger partial charge >= 0.3 is 0 Å². The lowest BCUT2D eigenvalue weighted by Gasteiger charge is -2.22. The molecule has 0 aliphatic heterocycles. The van der Waals surface area contributed by atoms with E-state index in [-0.39, 0.29) is 11.8 Å². The number of hydrogen-bond acceptors (Lipinski definition) is 3. The Kier molecular flexibility index (Phi) is 3.74. The summed E-state index contributed by atoms with van der Waals surface area (Å²) in [6.07, 6.45) is 1.69. The first-order valence-corrected chi connectivity index (χ1v) is 4.81. The molecule has 1 heterocycles. The standard InChI is InChI=1S/C12H16N2O/c1-9(2)12(15)11(14(3)4)10-7-5-6-8-13-10/h5-8,11H,1H2,2-4H3. The molecule has 0 amide bonds. The van der Waals surface area contributed by atoms with Crippen LogP contribution in [0, 0.1) is 0 Å². The van der Waals surface area contributed by atoms with Gasteiger partial charge in [-0.1, -0.05) is 12.6 Å². The fourth-order valence-corrected chi connectivity index (χ4v) is 1.40. The highest BCUT2D eigenvalue weighted by atomic mass is 16.1. The predicted octanol–water partition coefficient (Wildman–Crippen LogP) is 1.83. The lowest BCUT2D eigenvalue weighted by molar-refractivity contribution is -0.120. The number of nitrogens with zero attached hydrogens (tertiary/aromatic N) is 2. The van der Waals surface area contributed by atoms with E-state index in [1.165, 1.54) is 0 Å². The van der Waals surface area contributed by atoms with Crippen LogP contribution in [0.5, 0.6) is 0 Å². The van der Waals surface area contributed by atoms with Crippen molar-refractivity contribution < 1.29 is 4.79 Å². The zero-order chi connectivity index (χ0) is 11.4. The van der Waals surface area contributed by atoms with Crippen LogP contribution in [-0.2, 0) is 4.79 Å². The van der Waals surface area contributed by atoms with Crippen molar-refractivity contribution in [3.05, 3.63) is 42.2 Å². The Labute approximate surface area is 90.4 Å². The lowest BCUT2D eigenvalue weighted by Crippen LogP contribution is -2.28. The molecule has 0 fully saturated rings.